The molecule has 0 bridgehead atoms. The molecule has 0 saturated heterocycles. The van der Waals surface area contributed by atoms with Crippen LogP contribution >= 0.6 is 0 Å². The second-order valence-corrected chi connectivity index (χ2v) is 4.41. The maximum Gasteiger partial charge on any atom is 0.290 e. The van der Waals surface area contributed by atoms with E-state index < -0.39 is 0 Å². The third-order valence-electron chi connectivity index (χ3n) is 2.87. The van der Waals surface area contributed by atoms with Crippen molar-refractivity contribution < 1.29 is 14.7 Å². The van der Waals surface area contributed by atoms with E-state index in [1.54, 1.807) is 0 Å². The first kappa shape index (κ1) is 16.4. The van der Waals surface area contributed by atoms with Gasteiger partial charge in [0.1, 0.15) is 0 Å². The van der Waals surface area contributed by atoms with E-state index in [2.05, 4.69) is 36.5 Å². The van der Waals surface area contributed by atoms with Gasteiger partial charge < -0.3 is 10.4 Å². The quantitative estimate of drug-likeness (QED) is 0.851. The zero-order valence-electron chi connectivity index (χ0n) is 12.2. The molecule has 0 heterocycles. The predicted molar refractivity (Wildman–Crippen MR) is 83.3 cm³/mol. The largest absolute Gasteiger partial charge is 0.483 e. The van der Waals surface area contributed by atoms with Crippen molar-refractivity contribution in [2.75, 3.05) is 6.54 Å². The molecule has 0 aliphatic heterocycles. The van der Waals surface area contributed by atoms with E-state index in [9.17, 15) is 4.79 Å². The van der Waals surface area contributed by atoms with E-state index in [1.165, 1.54) is 11.1 Å². The zero-order chi connectivity index (χ0) is 15.7. The zero-order valence-corrected chi connectivity index (χ0v) is 12.2. The van der Waals surface area contributed by atoms with Crippen LogP contribution in [0.3, 0.4) is 0 Å². The molecule has 21 heavy (non-hydrogen) atoms. The van der Waals surface area contributed by atoms with Gasteiger partial charge in [-0.3, -0.25) is 9.59 Å². The minimum atomic E-state index is -0.250. The van der Waals surface area contributed by atoms with Crippen LogP contribution in [0.25, 0.3) is 11.1 Å². The lowest BCUT2D eigenvalue weighted by Crippen LogP contribution is -2.22. The Morgan fingerprint density at radius 2 is 1.48 bits per heavy atom. The van der Waals surface area contributed by atoms with Gasteiger partial charge in [0.15, 0.2) is 0 Å². The van der Waals surface area contributed by atoms with Crippen LogP contribution in [0, 0.1) is 6.92 Å². The summed E-state index contributed by atoms with van der Waals surface area (Å²) in [4.78, 5) is 20.0. The van der Waals surface area contributed by atoms with Crippen molar-refractivity contribution in [2.24, 2.45) is 0 Å². The number of hydrogen-bond acceptors (Lipinski definition) is 2. The van der Waals surface area contributed by atoms with Gasteiger partial charge in [-0.15, -0.1) is 0 Å². The number of carbonyl (C=O) groups is 2. The maximum absolute atomic E-state index is 11.6. The number of rotatable bonds is 3. The molecule has 0 spiro atoms. The normalized spacial score (nSPS) is 9.24. The average Bonchev–Trinajstić information content (AvgIpc) is 2.49. The van der Waals surface area contributed by atoms with Crippen molar-refractivity contribution >= 4 is 12.4 Å². The molecule has 2 N–H and O–H groups in total. The molecule has 2 rings (SSSR count). The monoisotopic (exact) mass is 285 g/mol. The Morgan fingerprint density at radius 1 is 1.05 bits per heavy atom. The second-order valence-electron chi connectivity index (χ2n) is 4.41. The van der Waals surface area contributed by atoms with Crippen molar-refractivity contribution in [3.63, 3.8) is 0 Å². The third-order valence-corrected chi connectivity index (χ3v) is 2.87. The van der Waals surface area contributed by atoms with Gasteiger partial charge >= 0.3 is 0 Å². The van der Waals surface area contributed by atoms with Crippen LogP contribution in [-0.4, -0.2) is 24.0 Å². The molecule has 0 saturated carbocycles. The minimum absolute atomic E-state index is 0.0204. The van der Waals surface area contributed by atoms with Crippen molar-refractivity contribution in [1.29, 1.82) is 0 Å². The van der Waals surface area contributed by atoms with Crippen LogP contribution in [0.4, 0.5) is 0 Å². The first-order valence-corrected chi connectivity index (χ1v) is 6.65. The SMILES string of the molecule is CCNC(=O)c1ccc(-c2ccc(C)cc2)cc1.O=CO. The first-order chi connectivity index (χ1) is 10.1. The molecule has 4 nitrogen and oxygen atoms in total. The highest BCUT2D eigenvalue weighted by molar-refractivity contribution is 5.94. The predicted octanol–water partition coefficient (Wildman–Crippen LogP) is 3.11. The summed E-state index contributed by atoms with van der Waals surface area (Å²) in [6.07, 6.45) is 0. The van der Waals surface area contributed by atoms with Gasteiger partial charge in [0.25, 0.3) is 12.4 Å². The number of benzene rings is 2. The number of hydrogen-bond donors (Lipinski definition) is 2. The Morgan fingerprint density at radius 3 is 1.90 bits per heavy atom. The molecule has 1 amide bonds. The Kier molecular flexibility index (Phi) is 6.68. The van der Waals surface area contributed by atoms with Crippen molar-refractivity contribution in [2.45, 2.75) is 13.8 Å². The van der Waals surface area contributed by atoms with E-state index in [4.69, 9.17) is 9.90 Å². The number of nitrogens with one attached hydrogen (secondary N) is 1. The molecule has 2 aromatic carbocycles. The molecule has 4 heteroatoms. The lowest BCUT2D eigenvalue weighted by atomic mass is 10.0. The van der Waals surface area contributed by atoms with Crippen molar-refractivity contribution in [3.8, 4) is 11.1 Å². The summed E-state index contributed by atoms with van der Waals surface area (Å²) in [5, 5.41) is 9.68. The highest BCUT2D eigenvalue weighted by Crippen LogP contribution is 2.20. The van der Waals surface area contributed by atoms with Gasteiger partial charge in [-0.25, -0.2) is 0 Å². The number of amides is 1. The van der Waals surface area contributed by atoms with Crippen molar-refractivity contribution in [3.05, 3.63) is 59.7 Å². The molecular formula is C17H19NO3. The maximum atomic E-state index is 11.6. The molecule has 110 valence electrons. The van der Waals surface area contributed by atoms with E-state index in [-0.39, 0.29) is 12.4 Å². The summed E-state index contributed by atoms with van der Waals surface area (Å²) in [6, 6.07) is 16.1. The summed E-state index contributed by atoms with van der Waals surface area (Å²) in [7, 11) is 0. The molecule has 2 aromatic rings. The summed E-state index contributed by atoms with van der Waals surface area (Å²) >= 11 is 0. The standard InChI is InChI=1S/C16H17NO.CH2O2/c1-3-17-16(18)15-10-8-14(9-11-15)13-6-4-12(2)5-7-13;2-1-3/h4-11H,3H2,1-2H3,(H,17,18);1H,(H,2,3). The lowest BCUT2D eigenvalue weighted by molar-refractivity contribution is -0.122. The number of carbonyl (C=O) groups excluding carboxylic acids is 1. The van der Waals surface area contributed by atoms with Gasteiger partial charge in [-0.05, 0) is 37.1 Å². The fraction of sp³-hybridized carbons (Fsp3) is 0.176. The summed E-state index contributed by atoms with van der Waals surface area (Å²) in [5.41, 5.74) is 4.25. The first-order valence-electron chi connectivity index (χ1n) is 6.65. The van der Waals surface area contributed by atoms with Crippen LogP contribution in [-0.2, 0) is 4.79 Å². The fourth-order valence-electron chi connectivity index (χ4n) is 1.82. The Labute approximate surface area is 124 Å². The third kappa shape index (κ3) is 5.10. The molecule has 0 radical (unpaired) electrons. The highest BCUT2D eigenvalue weighted by Gasteiger charge is 2.04. The van der Waals surface area contributed by atoms with Crippen LogP contribution in [0.15, 0.2) is 48.5 Å². The minimum Gasteiger partial charge on any atom is -0.483 e. The topological polar surface area (TPSA) is 66.4 Å². The number of carboxylic acid groups (broad SMARTS) is 1. The van der Waals surface area contributed by atoms with Crippen LogP contribution in [0.5, 0.6) is 0 Å². The van der Waals surface area contributed by atoms with Gasteiger partial charge in [0.05, 0.1) is 0 Å². The van der Waals surface area contributed by atoms with Gasteiger partial charge in [0, 0.05) is 12.1 Å². The van der Waals surface area contributed by atoms with Gasteiger partial charge in [-0.1, -0.05) is 42.0 Å². The average molecular weight is 285 g/mol. The Bertz CT molecular complexity index is 574. The fourth-order valence-corrected chi connectivity index (χ4v) is 1.82. The molecule has 0 aromatic heterocycles. The molecule has 0 fully saturated rings. The van der Waals surface area contributed by atoms with E-state index in [0.29, 0.717) is 12.1 Å². The van der Waals surface area contributed by atoms with Crippen LogP contribution < -0.4 is 5.32 Å². The molecular weight excluding hydrogens is 266 g/mol. The molecule has 0 unspecified atom stereocenters. The highest BCUT2D eigenvalue weighted by atomic mass is 16.3. The van der Waals surface area contributed by atoms with Crippen LogP contribution in [0.1, 0.15) is 22.8 Å². The van der Waals surface area contributed by atoms with E-state index in [1.807, 2.05) is 31.2 Å². The summed E-state index contributed by atoms with van der Waals surface area (Å²) in [5.74, 6) is -0.0204. The van der Waals surface area contributed by atoms with E-state index >= 15 is 0 Å². The molecule has 0 aliphatic carbocycles. The lowest BCUT2D eigenvalue weighted by Gasteiger charge is -2.05. The Hall–Kier alpha value is -2.62. The van der Waals surface area contributed by atoms with Crippen LogP contribution in [0.2, 0.25) is 0 Å². The molecule has 0 aliphatic rings. The number of aryl methyl sites for hydroxylation is 1. The second kappa shape index (κ2) is 8.53. The van der Waals surface area contributed by atoms with E-state index in [0.717, 1.165) is 5.56 Å². The smallest absolute Gasteiger partial charge is 0.290 e. The summed E-state index contributed by atoms with van der Waals surface area (Å²) < 4.78 is 0. The molecule has 0 atom stereocenters. The Balaban J connectivity index is 0.000000677. The van der Waals surface area contributed by atoms with Gasteiger partial charge in [-0.2, -0.15) is 0 Å². The van der Waals surface area contributed by atoms with Crippen molar-refractivity contribution in [1.82, 2.24) is 5.32 Å². The van der Waals surface area contributed by atoms with Gasteiger partial charge in [0.2, 0.25) is 0 Å². The summed E-state index contributed by atoms with van der Waals surface area (Å²) in [6.45, 7) is 4.39.